The van der Waals surface area contributed by atoms with Crippen LogP contribution in [0.2, 0.25) is 0 Å². The molecule has 2 rings (SSSR count). The number of nitrogens with two attached hydrogens (primary N) is 1. The molecule has 100 valence electrons. The second kappa shape index (κ2) is 5.58. The monoisotopic (exact) mass is 260 g/mol. The van der Waals surface area contributed by atoms with Crippen LogP contribution in [0.1, 0.15) is 5.56 Å². The Kier molecular flexibility index (Phi) is 3.87. The quantitative estimate of drug-likeness (QED) is 0.852. The summed E-state index contributed by atoms with van der Waals surface area (Å²) in [5.41, 5.74) is 7.27. The van der Waals surface area contributed by atoms with E-state index in [1.807, 2.05) is 47.3 Å². The summed E-state index contributed by atoms with van der Waals surface area (Å²) >= 11 is 0. The fourth-order valence-corrected chi connectivity index (χ4v) is 1.90. The molecule has 1 unspecified atom stereocenters. The number of ether oxygens (including phenoxy) is 1. The van der Waals surface area contributed by atoms with E-state index in [2.05, 4.69) is 0 Å². The molecular weight excluding hydrogens is 244 g/mol. The van der Waals surface area contributed by atoms with E-state index >= 15 is 0 Å². The number of aromatic nitrogens is 1. The fourth-order valence-electron chi connectivity index (χ4n) is 1.90. The van der Waals surface area contributed by atoms with Gasteiger partial charge in [-0.15, -0.1) is 0 Å². The molecule has 0 saturated heterocycles. The van der Waals surface area contributed by atoms with Crippen molar-refractivity contribution in [2.75, 3.05) is 7.11 Å². The van der Waals surface area contributed by atoms with Crippen LogP contribution in [-0.4, -0.2) is 28.8 Å². The van der Waals surface area contributed by atoms with Crippen LogP contribution in [0.5, 0.6) is 5.75 Å². The number of nitrogens with zero attached hydrogens (tertiary/aromatic N) is 1. The zero-order valence-corrected chi connectivity index (χ0v) is 10.6. The van der Waals surface area contributed by atoms with Crippen LogP contribution in [0, 0.1) is 0 Å². The van der Waals surface area contributed by atoms with Crippen LogP contribution in [0.25, 0.3) is 5.69 Å². The maximum atomic E-state index is 10.8. The summed E-state index contributed by atoms with van der Waals surface area (Å²) in [6.07, 6.45) is 4.11. The summed E-state index contributed by atoms with van der Waals surface area (Å²) in [4.78, 5) is 10.8. The minimum Gasteiger partial charge on any atom is -0.495 e. The number of aliphatic carboxylic acids is 1. The predicted molar refractivity (Wildman–Crippen MR) is 71.6 cm³/mol. The fraction of sp³-hybridized carbons (Fsp3) is 0.214. The van der Waals surface area contributed by atoms with E-state index in [4.69, 9.17) is 15.6 Å². The summed E-state index contributed by atoms with van der Waals surface area (Å²) in [7, 11) is 1.59. The SMILES string of the molecule is COc1cc(CC(N)C(=O)O)ccc1-n1cccc1. The zero-order chi connectivity index (χ0) is 13.8. The Morgan fingerprint density at radius 3 is 2.68 bits per heavy atom. The summed E-state index contributed by atoms with van der Waals surface area (Å²) in [5.74, 6) is -0.320. The highest BCUT2D eigenvalue weighted by Crippen LogP contribution is 2.24. The lowest BCUT2D eigenvalue weighted by Gasteiger charge is -2.13. The maximum Gasteiger partial charge on any atom is 0.320 e. The summed E-state index contributed by atoms with van der Waals surface area (Å²) < 4.78 is 7.27. The maximum absolute atomic E-state index is 10.8. The van der Waals surface area contributed by atoms with Crippen molar-refractivity contribution in [2.45, 2.75) is 12.5 Å². The van der Waals surface area contributed by atoms with Crippen molar-refractivity contribution >= 4 is 5.97 Å². The van der Waals surface area contributed by atoms with Crippen LogP contribution in [0.4, 0.5) is 0 Å². The van der Waals surface area contributed by atoms with E-state index in [1.165, 1.54) is 0 Å². The van der Waals surface area contributed by atoms with Crippen LogP contribution < -0.4 is 10.5 Å². The van der Waals surface area contributed by atoms with Gasteiger partial charge in [-0.2, -0.15) is 0 Å². The molecule has 0 radical (unpaired) electrons. The molecule has 1 heterocycles. The van der Waals surface area contributed by atoms with Gasteiger partial charge in [-0.3, -0.25) is 4.79 Å². The molecule has 1 aromatic heterocycles. The summed E-state index contributed by atoms with van der Waals surface area (Å²) in [6, 6.07) is 8.52. The minimum absolute atomic E-state index is 0.275. The Hall–Kier alpha value is -2.27. The van der Waals surface area contributed by atoms with Crippen molar-refractivity contribution in [2.24, 2.45) is 5.73 Å². The van der Waals surface area contributed by atoms with E-state index in [-0.39, 0.29) is 6.42 Å². The van der Waals surface area contributed by atoms with Crippen molar-refractivity contribution in [3.63, 3.8) is 0 Å². The second-order valence-corrected chi connectivity index (χ2v) is 4.25. The molecule has 0 aliphatic rings. The van der Waals surface area contributed by atoms with Crippen molar-refractivity contribution in [3.8, 4) is 11.4 Å². The van der Waals surface area contributed by atoms with Crippen molar-refractivity contribution in [3.05, 3.63) is 48.3 Å². The Labute approximate surface area is 111 Å². The molecule has 0 aliphatic carbocycles. The smallest absolute Gasteiger partial charge is 0.320 e. The molecule has 0 saturated carbocycles. The molecule has 5 heteroatoms. The Bertz CT molecular complexity index is 564. The molecule has 2 aromatic rings. The third kappa shape index (κ3) is 2.95. The summed E-state index contributed by atoms with van der Waals surface area (Å²) in [6.45, 7) is 0. The van der Waals surface area contributed by atoms with Crippen LogP contribution in [-0.2, 0) is 11.2 Å². The lowest BCUT2D eigenvalue weighted by Crippen LogP contribution is -2.32. The average Bonchev–Trinajstić information content (AvgIpc) is 2.92. The van der Waals surface area contributed by atoms with Gasteiger partial charge < -0.3 is 20.1 Å². The molecule has 1 atom stereocenters. The predicted octanol–water partition coefficient (Wildman–Crippen LogP) is 1.44. The number of rotatable bonds is 5. The molecule has 0 fully saturated rings. The molecule has 0 bridgehead atoms. The lowest BCUT2D eigenvalue weighted by molar-refractivity contribution is -0.138. The zero-order valence-electron chi connectivity index (χ0n) is 10.6. The highest BCUT2D eigenvalue weighted by molar-refractivity contribution is 5.73. The molecule has 3 N–H and O–H groups in total. The van der Waals surface area contributed by atoms with Gasteiger partial charge >= 0.3 is 5.97 Å². The lowest BCUT2D eigenvalue weighted by atomic mass is 10.1. The molecule has 0 spiro atoms. The number of methoxy groups -OCH3 is 1. The van der Waals surface area contributed by atoms with Crippen LogP contribution in [0.15, 0.2) is 42.7 Å². The van der Waals surface area contributed by atoms with Gasteiger partial charge in [0.05, 0.1) is 12.8 Å². The van der Waals surface area contributed by atoms with E-state index < -0.39 is 12.0 Å². The van der Waals surface area contributed by atoms with Gasteiger partial charge in [-0.1, -0.05) is 6.07 Å². The first-order valence-corrected chi connectivity index (χ1v) is 5.90. The van der Waals surface area contributed by atoms with Crippen LogP contribution >= 0.6 is 0 Å². The Balaban J connectivity index is 2.29. The molecule has 0 amide bonds. The van der Waals surface area contributed by atoms with Gasteiger partial charge in [0.1, 0.15) is 11.8 Å². The number of benzene rings is 1. The highest BCUT2D eigenvalue weighted by atomic mass is 16.5. The Morgan fingerprint density at radius 1 is 1.42 bits per heavy atom. The van der Waals surface area contributed by atoms with Gasteiger partial charge in [-0.25, -0.2) is 0 Å². The molecule has 19 heavy (non-hydrogen) atoms. The second-order valence-electron chi connectivity index (χ2n) is 4.25. The van der Waals surface area contributed by atoms with Crippen molar-refractivity contribution in [1.29, 1.82) is 0 Å². The van der Waals surface area contributed by atoms with Gasteiger partial charge in [0, 0.05) is 12.4 Å². The molecular formula is C14H16N2O3. The van der Waals surface area contributed by atoms with E-state index in [0.29, 0.717) is 5.75 Å². The van der Waals surface area contributed by atoms with Crippen molar-refractivity contribution < 1.29 is 14.6 Å². The largest absolute Gasteiger partial charge is 0.495 e. The molecule has 5 nitrogen and oxygen atoms in total. The van der Waals surface area contributed by atoms with E-state index in [9.17, 15) is 4.79 Å². The molecule has 0 aliphatic heterocycles. The van der Waals surface area contributed by atoms with Gasteiger partial charge in [-0.05, 0) is 36.2 Å². The number of carboxylic acids is 1. The van der Waals surface area contributed by atoms with E-state index in [1.54, 1.807) is 7.11 Å². The number of hydrogen-bond acceptors (Lipinski definition) is 3. The normalized spacial score (nSPS) is 12.1. The van der Waals surface area contributed by atoms with Gasteiger partial charge in [0.2, 0.25) is 0 Å². The minimum atomic E-state index is -1.01. The van der Waals surface area contributed by atoms with Crippen molar-refractivity contribution in [1.82, 2.24) is 4.57 Å². The average molecular weight is 260 g/mol. The first kappa shape index (κ1) is 13.2. The molecule has 1 aromatic carbocycles. The number of carboxylic acid groups (broad SMARTS) is 1. The van der Waals surface area contributed by atoms with Gasteiger partial charge in [0.25, 0.3) is 0 Å². The number of carbonyl (C=O) groups is 1. The topological polar surface area (TPSA) is 77.5 Å². The number of hydrogen-bond donors (Lipinski definition) is 2. The summed E-state index contributed by atoms with van der Waals surface area (Å²) in [5, 5.41) is 8.81. The third-order valence-corrected chi connectivity index (χ3v) is 2.90. The van der Waals surface area contributed by atoms with Gasteiger partial charge in [0.15, 0.2) is 0 Å². The Morgan fingerprint density at radius 2 is 2.11 bits per heavy atom. The van der Waals surface area contributed by atoms with E-state index in [0.717, 1.165) is 11.3 Å². The first-order valence-electron chi connectivity index (χ1n) is 5.90. The highest BCUT2D eigenvalue weighted by Gasteiger charge is 2.13. The first-order chi connectivity index (χ1) is 9.11. The standard InChI is InChI=1S/C14H16N2O3/c1-19-13-9-10(8-11(15)14(17)18)4-5-12(13)16-6-2-3-7-16/h2-7,9,11H,8,15H2,1H3,(H,17,18). The third-order valence-electron chi connectivity index (χ3n) is 2.90. The van der Waals surface area contributed by atoms with Crippen LogP contribution in [0.3, 0.4) is 0 Å².